The van der Waals surface area contributed by atoms with E-state index in [1.807, 2.05) is 36.4 Å². The van der Waals surface area contributed by atoms with Crippen LogP contribution in [0.3, 0.4) is 0 Å². The number of benzene rings is 3. The van der Waals surface area contributed by atoms with E-state index < -0.39 is 0 Å². The van der Waals surface area contributed by atoms with Crippen molar-refractivity contribution in [2.75, 3.05) is 5.73 Å². The second-order valence-electron chi connectivity index (χ2n) is 4.39. The Balaban J connectivity index is 2.48. The molecule has 0 amide bonds. The first-order valence-electron chi connectivity index (χ1n) is 5.91. The van der Waals surface area contributed by atoms with Crippen molar-refractivity contribution in [3.63, 3.8) is 0 Å². The van der Waals surface area contributed by atoms with Crippen LogP contribution in [0.5, 0.6) is 0 Å². The van der Waals surface area contributed by atoms with E-state index in [0.29, 0.717) is 11.2 Å². The Morgan fingerprint density at radius 3 is 2.21 bits per heavy atom. The quantitative estimate of drug-likeness (QED) is 0.381. The molecule has 90 valence electrons. The summed E-state index contributed by atoms with van der Waals surface area (Å²) in [5.74, 6) is 0. The molecular weight excluding hydrogens is 238 g/mol. The number of fused-ring (bicyclic) bond motifs is 6. The first-order chi connectivity index (χ1) is 9.36. The van der Waals surface area contributed by atoms with Crippen LogP contribution < -0.4 is 5.73 Å². The summed E-state index contributed by atoms with van der Waals surface area (Å²) in [5.41, 5.74) is 8.20. The summed E-state index contributed by atoms with van der Waals surface area (Å²) in [7, 11) is 0. The van der Waals surface area contributed by atoms with E-state index in [0.717, 1.165) is 27.1 Å². The van der Waals surface area contributed by atoms with E-state index in [-0.39, 0.29) is 0 Å². The van der Waals surface area contributed by atoms with Crippen molar-refractivity contribution in [1.29, 1.82) is 0 Å². The lowest BCUT2D eigenvalue weighted by Gasteiger charge is -2.08. The Hall–Kier alpha value is -2.82. The van der Waals surface area contributed by atoms with Gasteiger partial charge in [-0.25, -0.2) is 0 Å². The van der Waals surface area contributed by atoms with Gasteiger partial charge in [-0.3, -0.25) is 0 Å². The smallest absolute Gasteiger partial charge is 0.126 e. The molecule has 19 heavy (non-hydrogen) atoms. The summed E-state index contributed by atoms with van der Waals surface area (Å²) in [4.78, 5) is 0. The molecule has 0 saturated carbocycles. The van der Waals surface area contributed by atoms with Crippen LogP contribution in [0.4, 0.5) is 5.69 Å². The highest BCUT2D eigenvalue weighted by Gasteiger charge is 2.12. The third-order valence-electron chi connectivity index (χ3n) is 3.36. The number of nitrogens with zero attached hydrogens (tertiary/aromatic N) is 4. The Morgan fingerprint density at radius 2 is 1.37 bits per heavy atom. The van der Waals surface area contributed by atoms with E-state index in [2.05, 4.69) is 26.7 Å². The Bertz CT molecular complexity index is 888. The van der Waals surface area contributed by atoms with Crippen LogP contribution in [0, 0.1) is 0 Å². The van der Waals surface area contributed by atoms with E-state index in [9.17, 15) is 0 Å². The molecule has 0 unspecified atom stereocenters. The van der Waals surface area contributed by atoms with Gasteiger partial charge in [-0.15, -0.1) is 10.2 Å². The summed E-state index contributed by atoms with van der Waals surface area (Å²) < 4.78 is 0. The maximum atomic E-state index is 6.10. The number of hydrogen-bond acceptors (Lipinski definition) is 5. The minimum Gasteiger partial charge on any atom is -0.398 e. The molecule has 0 fully saturated rings. The molecule has 2 N–H and O–H groups in total. The maximum absolute atomic E-state index is 6.10. The predicted octanol–water partition coefficient (Wildman–Crippen LogP) is 2.31. The number of anilines is 1. The highest BCUT2D eigenvalue weighted by molar-refractivity contribution is 6.25. The second-order valence-corrected chi connectivity index (χ2v) is 4.39. The van der Waals surface area contributed by atoms with Gasteiger partial charge in [0.25, 0.3) is 0 Å². The molecule has 0 aliphatic heterocycles. The summed E-state index contributed by atoms with van der Waals surface area (Å²) in [5, 5.41) is 19.6. The molecule has 5 heteroatoms. The van der Waals surface area contributed by atoms with Gasteiger partial charge in [-0.1, -0.05) is 36.4 Å². The zero-order valence-corrected chi connectivity index (χ0v) is 9.91. The first kappa shape index (κ1) is 10.1. The van der Waals surface area contributed by atoms with Gasteiger partial charge in [0.05, 0.1) is 0 Å². The molecule has 0 saturated heterocycles. The van der Waals surface area contributed by atoms with E-state index >= 15 is 0 Å². The fourth-order valence-electron chi connectivity index (χ4n) is 2.56. The first-order valence-corrected chi connectivity index (χ1v) is 5.91. The third kappa shape index (κ3) is 1.29. The van der Waals surface area contributed by atoms with E-state index in [1.54, 1.807) is 0 Å². The van der Waals surface area contributed by atoms with Crippen molar-refractivity contribution in [3.05, 3.63) is 42.5 Å². The fraction of sp³-hybridized carbons (Fsp3) is 0. The molecule has 1 aromatic heterocycles. The normalized spacial score (nSPS) is 11.4. The number of aromatic nitrogens is 4. The lowest BCUT2D eigenvalue weighted by Crippen LogP contribution is -1.97. The Morgan fingerprint density at radius 1 is 0.684 bits per heavy atom. The molecule has 0 aliphatic rings. The van der Waals surface area contributed by atoms with Gasteiger partial charge < -0.3 is 5.73 Å². The van der Waals surface area contributed by atoms with Crippen LogP contribution in [0.15, 0.2) is 42.5 Å². The van der Waals surface area contributed by atoms with Crippen LogP contribution in [0.1, 0.15) is 0 Å². The molecule has 0 radical (unpaired) electrons. The van der Waals surface area contributed by atoms with Crippen LogP contribution in [-0.4, -0.2) is 20.6 Å². The number of nitrogens with two attached hydrogens (primary N) is 1. The molecule has 0 aliphatic carbocycles. The maximum Gasteiger partial charge on any atom is 0.126 e. The van der Waals surface area contributed by atoms with Gasteiger partial charge in [-0.05, 0) is 27.3 Å². The van der Waals surface area contributed by atoms with Crippen molar-refractivity contribution in [1.82, 2.24) is 20.6 Å². The van der Waals surface area contributed by atoms with Crippen molar-refractivity contribution in [2.24, 2.45) is 0 Å². The summed E-state index contributed by atoms with van der Waals surface area (Å²) >= 11 is 0. The molecule has 0 spiro atoms. The van der Waals surface area contributed by atoms with E-state index in [1.165, 1.54) is 0 Å². The van der Waals surface area contributed by atoms with Crippen LogP contribution in [0.2, 0.25) is 0 Å². The topological polar surface area (TPSA) is 77.6 Å². The molecular formula is C14H9N5. The molecule has 0 bridgehead atoms. The summed E-state index contributed by atoms with van der Waals surface area (Å²) in [6.07, 6.45) is 0. The Labute approximate surface area is 108 Å². The molecule has 1 heterocycles. The van der Waals surface area contributed by atoms with Gasteiger partial charge >= 0.3 is 0 Å². The lowest BCUT2D eigenvalue weighted by atomic mass is 9.99. The zero-order chi connectivity index (χ0) is 12.8. The average molecular weight is 247 g/mol. The minimum absolute atomic E-state index is 0.676. The molecule has 0 atom stereocenters. The Kier molecular flexibility index (Phi) is 1.91. The van der Waals surface area contributed by atoms with Gasteiger partial charge in [0.1, 0.15) is 11.0 Å². The van der Waals surface area contributed by atoms with Crippen molar-refractivity contribution < 1.29 is 0 Å². The lowest BCUT2D eigenvalue weighted by molar-refractivity contribution is 0.800. The highest BCUT2D eigenvalue weighted by atomic mass is 15.4. The number of rotatable bonds is 0. The third-order valence-corrected chi connectivity index (χ3v) is 3.36. The molecule has 4 aromatic rings. The SMILES string of the molecule is Nc1cccc2c3ccccc3c3nnnnc3c12. The molecule has 4 rings (SSSR count). The van der Waals surface area contributed by atoms with Crippen LogP contribution >= 0.6 is 0 Å². The second kappa shape index (κ2) is 3.58. The average Bonchev–Trinajstić information content (AvgIpc) is 2.47. The predicted molar refractivity (Wildman–Crippen MR) is 74.6 cm³/mol. The summed E-state index contributed by atoms with van der Waals surface area (Å²) in [6.45, 7) is 0. The number of hydrogen-bond donors (Lipinski definition) is 1. The van der Waals surface area contributed by atoms with Gasteiger partial charge in [0, 0.05) is 16.5 Å². The van der Waals surface area contributed by atoms with Crippen LogP contribution in [-0.2, 0) is 0 Å². The fourth-order valence-corrected chi connectivity index (χ4v) is 2.56. The summed E-state index contributed by atoms with van der Waals surface area (Å²) in [6, 6.07) is 13.9. The van der Waals surface area contributed by atoms with Crippen molar-refractivity contribution >= 4 is 38.3 Å². The zero-order valence-electron chi connectivity index (χ0n) is 9.91. The van der Waals surface area contributed by atoms with Crippen LogP contribution in [0.25, 0.3) is 32.6 Å². The number of nitrogen functional groups attached to an aromatic ring is 1. The van der Waals surface area contributed by atoms with Crippen molar-refractivity contribution in [2.45, 2.75) is 0 Å². The van der Waals surface area contributed by atoms with Gasteiger partial charge in [0.2, 0.25) is 0 Å². The standard InChI is InChI=1S/C14H9N5/c15-11-7-3-6-9-8-4-1-2-5-10(8)13-14(12(9)11)17-19-18-16-13/h1-7H,15H2. The minimum atomic E-state index is 0.676. The van der Waals surface area contributed by atoms with Gasteiger partial charge in [0.15, 0.2) is 0 Å². The monoisotopic (exact) mass is 247 g/mol. The highest BCUT2D eigenvalue weighted by Crippen LogP contribution is 2.34. The van der Waals surface area contributed by atoms with Gasteiger partial charge in [-0.2, -0.15) is 0 Å². The molecule has 5 nitrogen and oxygen atoms in total. The van der Waals surface area contributed by atoms with E-state index in [4.69, 9.17) is 5.73 Å². The largest absolute Gasteiger partial charge is 0.398 e. The molecule has 3 aromatic carbocycles. The van der Waals surface area contributed by atoms with Crippen molar-refractivity contribution in [3.8, 4) is 0 Å².